The summed E-state index contributed by atoms with van der Waals surface area (Å²) in [5.41, 5.74) is 2.83. The van der Waals surface area contributed by atoms with Crippen LogP contribution in [0.4, 0.5) is 0 Å². The molecule has 1 aromatic heterocycles. The van der Waals surface area contributed by atoms with Gasteiger partial charge in [-0.3, -0.25) is 4.90 Å². The molecule has 1 fully saturated rings. The van der Waals surface area contributed by atoms with Gasteiger partial charge in [0.2, 0.25) is 0 Å². The molecule has 0 aliphatic carbocycles. The SMILES string of the molecule is CCn1cc(CN2CCNCC2)c2ccccc21. The van der Waals surface area contributed by atoms with Crippen molar-refractivity contribution >= 4 is 10.9 Å². The smallest absolute Gasteiger partial charge is 0.0483 e. The number of nitrogens with one attached hydrogen (secondary N) is 1. The fraction of sp³-hybridized carbons (Fsp3) is 0.467. The second-order valence-electron chi connectivity index (χ2n) is 4.98. The van der Waals surface area contributed by atoms with E-state index >= 15 is 0 Å². The van der Waals surface area contributed by atoms with E-state index in [0.717, 1.165) is 39.3 Å². The third-order valence-electron chi connectivity index (χ3n) is 3.82. The minimum atomic E-state index is 1.04. The molecule has 0 unspecified atom stereocenters. The molecule has 3 heteroatoms. The molecular weight excluding hydrogens is 222 g/mol. The first-order chi connectivity index (χ1) is 8.88. The minimum Gasteiger partial charge on any atom is -0.347 e. The van der Waals surface area contributed by atoms with E-state index in [-0.39, 0.29) is 0 Å². The monoisotopic (exact) mass is 243 g/mol. The predicted octanol–water partition coefficient (Wildman–Crippen LogP) is 2.07. The van der Waals surface area contributed by atoms with Crippen molar-refractivity contribution in [2.24, 2.45) is 0 Å². The molecule has 18 heavy (non-hydrogen) atoms. The van der Waals surface area contributed by atoms with Gasteiger partial charge in [0, 0.05) is 56.4 Å². The molecule has 3 nitrogen and oxygen atoms in total. The van der Waals surface area contributed by atoms with Crippen molar-refractivity contribution in [3.05, 3.63) is 36.0 Å². The number of nitrogens with zero attached hydrogens (tertiary/aromatic N) is 2. The molecule has 1 aliphatic rings. The number of rotatable bonds is 3. The lowest BCUT2D eigenvalue weighted by Gasteiger charge is -2.26. The molecule has 2 aromatic rings. The van der Waals surface area contributed by atoms with E-state index in [4.69, 9.17) is 0 Å². The maximum atomic E-state index is 3.41. The second-order valence-corrected chi connectivity index (χ2v) is 4.98. The molecule has 1 saturated heterocycles. The maximum Gasteiger partial charge on any atom is 0.0483 e. The Morgan fingerprint density at radius 2 is 1.94 bits per heavy atom. The third kappa shape index (κ3) is 2.16. The summed E-state index contributed by atoms with van der Waals surface area (Å²) >= 11 is 0. The van der Waals surface area contributed by atoms with Gasteiger partial charge in [0.15, 0.2) is 0 Å². The summed E-state index contributed by atoms with van der Waals surface area (Å²) in [7, 11) is 0. The molecule has 0 amide bonds. The first kappa shape index (κ1) is 11.8. The van der Waals surface area contributed by atoms with Crippen LogP contribution in [0.15, 0.2) is 30.5 Å². The zero-order valence-corrected chi connectivity index (χ0v) is 11.0. The van der Waals surface area contributed by atoms with Crippen molar-refractivity contribution in [2.45, 2.75) is 20.0 Å². The molecule has 96 valence electrons. The molecule has 0 saturated carbocycles. The number of hydrogen-bond donors (Lipinski definition) is 1. The summed E-state index contributed by atoms with van der Waals surface area (Å²) in [6.45, 7) is 8.88. The van der Waals surface area contributed by atoms with Crippen molar-refractivity contribution in [3.63, 3.8) is 0 Å². The lowest BCUT2D eigenvalue weighted by molar-refractivity contribution is 0.234. The van der Waals surface area contributed by atoms with Crippen molar-refractivity contribution in [1.82, 2.24) is 14.8 Å². The van der Waals surface area contributed by atoms with Gasteiger partial charge in [-0.05, 0) is 18.6 Å². The minimum absolute atomic E-state index is 1.04. The molecule has 0 spiro atoms. The Morgan fingerprint density at radius 1 is 1.17 bits per heavy atom. The van der Waals surface area contributed by atoms with Gasteiger partial charge < -0.3 is 9.88 Å². The lowest BCUT2D eigenvalue weighted by atomic mass is 10.1. The van der Waals surface area contributed by atoms with Gasteiger partial charge in [-0.25, -0.2) is 0 Å². The Morgan fingerprint density at radius 3 is 2.72 bits per heavy atom. The van der Waals surface area contributed by atoms with Crippen LogP contribution in [-0.4, -0.2) is 35.6 Å². The molecule has 0 bridgehead atoms. The van der Waals surface area contributed by atoms with Crippen molar-refractivity contribution in [2.75, 3.05) is 26.2 Å². The quantitative estimate of drug-likeness (QED) is 0.890. The lowest BCUT2D eigenvalue weighted by Crippen LogP contribution is -2.42. The molecule has 2 heterocycles. The average molecular weight is 243 g/mol. The van der Waals surface area contributed by atoms with Gasteiger partial charge in [0.1, 0.15) is 0 Å². The highest BCUT2D eigenvalue weighted by Crippen LogP contribution is 2.22. The van der Waals surface area contributed by atoms with Gasteiger partial charge in [-0.1, -0.05) is 18.2 Å². The van der Waals surface area contributed by atoms with Crippen molar-refractivity contribution in [1.29, 1.82) is 0 Å². The largest absolute Gasteiger partial charge is 0.347 e. The van der Waals surface area contributed by atoms with E-state index in [1.807, 2.05) is 0 Å². The molecule has 0 radical (unpaired) electrons. The van der Waals surface area contributed by atoms with E-state index < -0.39 is 0 Å². The highest BCUT2D eigenvalue weighted by Gasteiger charge is 2.13. The summed E-state index contributed by atoms with van der Waals surface area (Å²) in [6.07, 6.45) is 2.33. The van der Waals surface area contributed by atoms with Gasteiger partial charge in [0.05, 0.1) is 0 Å². The third-order valence-corrected chi connectivity index (χ3v) is 3.82. The zero-order chi connectivity index (χ0) is 12.4. The maximum absolute atomic E-state index is 3.41. The Labute approximate surface area is 108 Å². The van der Waals surface area contributed by atoms with E-state index in [1.165, 1.54) is 16.5 Å². The average Bonchev–Trinajstić information content (AvgIpc) is 2.78. The first-order valence-corrected chi connectivity index (χ1v) is 6.88. The first-order valence-electron chi connectivity index (χ1n) is 6.88. The molecular formula is C15H21N3. The summed E-state index contributed by atoms with van der Waals surface area (Å²) < 4.78 is 2.35. The van der Waals surface area contributed by atoms with Crippen LogP contribution in [0, 0.1) is 0 Å². The van der Waals surface area contributed by atoms with Crippen LogP contribution < -0.4 is 5.32 Å². The van der Waals surface area contributed by atoms with Crippen molar-refractivity contribution in [3.8, 4) is 0 Å². The fourth-order valence-corrected chi connectivity index (χ4v) is 2.82. The molecule has 3 rings (SSSR count). The van der Waals surface area contributed by atoms with Crippen LogP contribution in [0.5, 0.6) is 0 Å². The van der Waals surface area contributed by atoms with Crippen LogP contribution in [0.2, 0.25) is 0 Å². The van der Waals surface area contributed by atoms with Gasteiger partial charge in [-0.15, -0.1) is 0 Å². The molecule has 1 aromatic carbocycles. The van der Waals surface area contributed by atoms with E-state index in [9.17, 15) is 0 Å². The Balaban J connectivity index is 1.91. The number of aromatic nitrogens is 1. The van der Waals surface area contributed by atoms with Gasteiger partial charge >= 0.3 is 0 Å². The standard InChI is InChI=1S/C15H21N3/c1-2-18-12-13(11-17-9-7-16-8-10-17)14-5-3-4-6-15(14)18/h3-6,12,16H,2,7-11H2,1H3. The zero-order valence-electron chi connectivity index (χ0n) is 11.0. The number of aryl methyl sites for hydroxylation is 1. The van der Waals surface area contributed by atoms with Crippen LogP contribution >= 0.6 is 0 Å². The van der Waals surface area contributed by atoms with Crippen LogP contribution in [-0.2, 0) is 13.1 Å². The topological polar surface area (TPSA) is 20.2 Å². The highest BCUT2D eigenvalue weighted by molar-refractivity contribution is 5.83. The summed E-state index contributed by atoms with van der Waals surface area (Å²) in [4.78, 5) is 2.54. The highest BCUT2D eigenvalue weighted by atomic mass is 15.2. The Bertz CT molecular complexity index is 524. The fourth-order valence-electron chi connectivity index (χ4n) is 2.82. The summed E-state index contributed by atoms with van der Waals surface area (Å²) in [6, 6.07) is 8.74. The van der Waals surface area contributed by atoms with Gasteiger partial charge in [0.25, 0.3) is 0 Å². The number of fused-ring (bicyclic) bond motifs is 1. The van der Waals surface area contributed by atoms with Crippen LogP contribution in [0.3, 0.4) is 0 Å². The molecule has 0 atom stereocenters. The van der Waals surface area contributed by atoms with Gasteiger partial charge in [-0.2, -0.15) is 0 Å². The Kier molecular flexibility index (Phi) is 3.35. The number of hydrogen-bond acceptors (Lipinski definition) is 2. The van der Waals surface area contributed by atoms with Crippen LogP contribution in [0.25, 0.3) is 10.9 Å². The van der Waals surface area contributed by atoms with E-state index in [2.05, 4.69) is 52.2 Å². The summed E-state index contributed by atoms with van der Waals surface area (Å²) in [5, 5.41) is 4.82. The van der Waals surface area contributed by atoms with E-state index in [1.54, 1.807) is 0 Å². The Hall–Kier alpha value is -1.32. The summed E-state index contributed by atoms with van der Waals surface area (Å²) in [5.74, 6) is 0. The predicted molar refractivity (Wildman–Crippen MR) is 75.8 cm³/mol. The normalized spacial score (nSPS) is 17.4. The second kappa shape index (κ2) is 5.12. The van der Waals surface area contributed by atoms with Crippen LogP contribution in [0.1, 0.15) is 12.5 Å². The van der Waals surface area contributed by atoms with E-state index in [0.29, 0.717) is 0 Å². The molecule has 1 aliphatic heterocycles. The number of benzene rings is 1. The van der Waals surface area contributed by atoms with Crippen molar-refractivity contribution < 1.29 is 0 Å². The number of para-hydroxylation sites is 1. The number of piperazine rings is 1. The molecule has 1 N–H and O–H groups in total.